The standard InChI is InChI=1S/C17H12N2O2/c1-11-7-17(21-16-9-13(20)4-5-14(11)16)15-8-12-3-2-6-19(12)10-18-15/h2-10,20H,1H2. The van der Waals surface area contributed by atoms with Crippen molar-refractivity contribution in [1.29, 1.82) is 0 Å². The molecule has 4 nitrogen and oxygen atoms in total. The van der Waals surface area contributed by atoms with E-state index in [2.05, 4.69) is 11.6 Å². The third-order valence-electron chi connectivity index (χ3n) is 3.51. The fraction of sp³-hybridized carbons (Fsp3) is 0. The van der Waals surface area contributed by atoms with Crippen molar-refractivity contribution >= 4 is 16.8 Å². The van der Waals surface area contributed by atoms with Crippen molar-refractivity contribution in [2.75, 3.05) is 0 Å². The first-order valence-electron chi connectivity index (χ1n) is 6.56. The van der Waals surface area contributed by atoms with Crippen molar-refractivity contribution in [2.45, 2.75) is 0 Å². The second-order valence-corrected chi connectivity index (χ2v) is 4.93. The van der Waals surface area contributed by atoms with E-state index in [9.17, 15) is 5.11 Å². The maximum atomic E-state index is 9.60. The lowest BCUT2D eigenvalue weighted by molar-refractivity contribution is 0.462. The fourth-order valence-electron chi connectivity index (χ4n) is 2.44. The van der Waals surface area contributed by atoms with Crippen LogP contribution in [0.25, 0.3) is 16.8 Å². The Kier molecular flexibility index (Phi) is 2.38. The van der Waals surface area contributed by atoms with Crippen LogP contribution in [-0.2, 0) is 0 Å². The molecule has 0 radical (unpaired) electrons. The van der Waals surface area contributed by atoms with Gasteiger partial charge in [0.15, 0.2) is 5.76 Å². The van der Waals surface area contributed by atoms with E-state index < -0.39 is 0 Å². The molecule has 2 aromatic heterocycles. The van der Waals surface area contributed by atoms with Gasteiger partial charge in [0.25, 0.3) is 0 Å². The van der Waals surface area contributed by atoms with Crippen molar-refractivity contribution in [3.05, 3.63) is 72.8 Å². The summed E-state index contributed by atoms with van der Waals surface area (Å²) in [6, 6.07) is 10.9. The Bertz CT molecular complexity index is 906. The molecule has 1 aliphatic rings. The highest BCUT2D eigenvalue weighted by Gasteiger charge is 2.18. The van der Waals surface area contributed by atoms with Crippen LogP contribution < -0.4 is 4.74 Å². The Hall–Kier alpha value is -3.01. The summed E-state index contributed by atoms with van der Waals surface area (Å²) in [5.41, 5.74) is 3.48. The van der Waals surface area contributed by atoms with Crippen LogP contribution in [0.3, 0.4) is 0 Å². The van der Waals surface area contributed by atoms with Gasteiger partial charge in [0.2, 0.25) is 0 Å². The number of hydrogen-bond acceptors (Lipinski definition) is 3. The molecule has 0 bridgehead atoms. The van der Waals surface area contributed by atoms with E-state index in [0.29, 0.717) is 11.5 Å². The highest BCUT2D eigenvalue weighted by Crippen LogP contribution is 2.37. The highest BCUT2D eigenvalue weighted by atomic mass is 16.5. The molecule has 3 heterocycles. The molecule has 102 valence electrons. The molecule has 0 saturated carbocycles. The Balaban J connectivity index is 1.81. The molecule has 0 atom stereocenters. The van der Waals surface area contributed by atoms with Crippen molar-refractivity contribution < 1.29 is 9.84 Å². The number of hydrogen-bond donors (Lipinski definition) is 1. The van der Waals surface area contributed by atoms with Gasteiger partial charge in [-0.3, -0.25) is 0 Å². The van der Waals surface area contributed by atoms with Crippen LogP contribution in [0.4, 0.5) is 0 Å². The molecule has 4 heteroatoms. The topological polar surface area (TPSA) is 46.8 Å². The van der Waals surface area contributed by atoms with Crippen LogP contribution in [0.5, 0.6) is 11.5 Å². The van der Waals surface area contributed by atoms with Crippen LogP contribution in [0.1, 0.15) is 11.3 Å². The average Bonchev–Trinajstić information content (AvgIpc) is 2.94. The summed E-state index contributed by atoms with van der Waals surface area (Å²) in [5.74, 6) is 1.38. The van der Waals surface area contributed by atoms with Gasteiger partial charge in [0.05, 0.1) is 6.33 Å². The number of phenolic OH excluding ortho intramolecular Hbond substituents is 1. The summed E-state index contributed by atoms with van der Waals surface area (Å²) < 4.78 is 7.80. The minimum absolute atomic E-state index is 0.165. The number of aromatic hydroxyl groups is 1. The average molecular weight is 276 g/mol. The normalized spacial score (nSPS) is 13.7. The second-order valence-electron chi connectivity index (χ2n) is 4.93. The third kappa shape index (κ3) is 1.89. The zero-order chi connectivity index (χ0) is 14.4. The van der Waals surface area contributed by atoms with Gasteiger partial charge in [-0.1, -0.05) is 6.58 Å². The summed E-state index contributed by atoms with van der Waals surface area (Å²) in [6.45, 7) is 4.04. The van der Waals surface area contributed by atoms with Gasteiger partial charge in [-0.05, 0) is 42.0 Å². The number of rotatable bonds is 1. The first-order chi connectivity index (χ1) is 10.2. The van der Waals surface area contributed by atoms with Gasteiger partial charge in [0.1, 0.15) is 17.2 Å². The molecule has 1 aliphatic heterocycles. The maximum absolute atomic E-state index is 9.60. The van der Waals surface area contributed by atoms with Crippen LogP contribution in [-0.4, -0.2) is 14.5 Å². The van der Waals surface area contributed by atoms with E-state index in [0.717, 1.165) is 22.3 Å². The van der Waals surface area contributed by atoms with Crippen molar-refractivity contribution in [3.63, 3.8) is 0 Å². The lowest BCUT2D eigenvalue weighted by Crippen LogP contribution is -2.05. The molecule has 0 fully saturated rings. The molecule has 0 unspecified atom stereocenters. The lowest BCUT2D eigenvalue weighted by Gasteiger charge is -2.19. The van der Waals surface area contributed by atoms with E-state index in [4.69, 9.17) is 4.74 Å². The quantitative estimate of drug-likeness (QED) is 0.740. The Labute approximate surface area is 121 Å². The van der Waals surface area contributed by atoms with Crippen LogP contribution in [0.2, 0.25) is 0 Å². The summed E-state index contributed by atoms with van der Waals surface area (Å²) in [6.07, 6.45) is 5.55. The Morgan fingerprint density at radius 1 is 1.19 bits per heavy atom. The SMILES string of the molecule is C=C1C=C(c2cc3cccn3cn2)Oc2cc(O)ccc21. The largest absolute Gasteiger partial charge is 0.508 e. The number of aromatic nitrogens is 2. The van der Waals surface area contributed by atoms with Crippen molar-refractivity contribution in [2.24, 2.45) is 0 Å². The van der Waals surface area contributed by atoms with Gasteiger partial charge in [-0.25, -0.2) is 4.98 Å². The number of fused-ring (bicyclic) bond motifs is 2. The van der Waals surface area contributed by atoms with Gasteiger partial charge < -0.3 is 14.2 Å². The van der Waals surface area contributed by atoms with Gasteiger partial charge >= 0.3 is 0 Å². The Morgan fingerprint density at radius 3 is 3.00 bits per heavy atom. The predicted molar refractivity (Wildman–Crippen MR) is 80.9 cm³/mol. The highest BCUT2D eigenvalue weighted by molar-refractivity contribution is 5.87. The monoisotopic (exact) mass is 276 g/mol. The van der Waals surface area contributed by atoms with Crippen LogP contribution in [0.15, 0.2) is 61.6 Å². The first-order valence-corrected chi connectivity index (χ1v) is 6.56. The maximum Gasteiger partial charge on any atom is 0.153 e. The lowest BCUT2D eigenvalue weighted by atomic mass is 10.0. The van der Waals surface area contributed by atoms with E-state index in [1.807, 2.05) is 34.9 Å². The van der Waals surface area contributed by atoms with Gasteiger partial charge in [-0.15, -0.1) is 0 Å². The molecule has 1 N–H and O–H groups in total. The molecule has 21 heavy (non-hydrogen) atoms. The summed E-state index contributed by atoms with van der Waals surface area (Å²) >= 11 is 0. The molecular formula is C17H12N2O2. The summed E-state index contributed by atoms with van der Waals surface area (Å²) in [4.78, 5) is 4.40. The molecule has 1 aromatic carbocycles. The number of allylic oxidation sites excluding steroid dienone is 2. The second kappa shape index (κ2) is 4.24. The number of ether oxygens (including phenoxy) is 1. The minimum Gasteiger partial charge on any atom is -0.508 e. The predicted octanol–water partition coefficient (Wildman–Crippen LogP) is 3.49. The van der Waals surface area contributed by atoms with Crippen LogP contribution in [0, 0.1) is 0 Å². The molecule has 0 amide bonds. The minimum atomic E-state index is 0.165. The molecule has 4 rings (SSSR count). The van der Waals surface area contributed by atoms with Crippen molar-refractivity contribution in [3.8, 4) is 11.5 Å². The number of nitrogens with zero attached hydrogens (tertiary/aromatic N) is 2. The van der Waals surface area contributed by atoms with E-state index in [1.165, 1.54) is 0 Å². The molecule has 0 spiro atoms. The smallest absolute Gasteiger partial charge is 0.153 e. The Morgan fingerprint density at radius 2 is 2.10 bits per heavy atom. The third-order valence-corrected chi connectivity index (χ3v) is 3.51. The summed E-state index contributed by atoms with van der Waals surface area (Å²) in [5, 5.41) is 9.60. The summed E-state index contributed by atoms with van der Waals surface area (Å²) in [7, 11) is 0. The zero-order valence-electron chi connectivity index (χ0n) is 11.2. The van der Waals surface area contributed by atoms with Gasteiger partial charge in [-0.2, -0.15) is 0 Å². The van der Waals surface area contributed by atoms with E-state index >= 15 is 0 Å². The molecule has 0 saturated heterocycles. The van der Waals surface area contributed by atoms with Crippen molar-refractivity contribution in [1.82, 2.24) is 9.38 Å². The van der Waals surface area contributed by atoms with E-state index in [-0.39, 0.29) is 5.75 Å². The molecular weight excluding hydrogens is 264 g/mol. The number of phenols is 1. The molecule has 3 aromatic rings. The van der Waals surface area contributed by atoms with E-state index in [1.54, 1.807) is 24.5 Å². The number of benzene rings is 1. The van der Waals surface area contributed by atoms with Gasteiger partial charge in [0, 0.05) is 23.3 Å². The zero-order valence-corrected chi connectivity index (χ0v) is 11.2. The fourth-order valence-corrected chi connectivity index (χ4v) is 2.44. The first kappa shape index (κ1) is 11.8. The molecule has 0 aliphatic carbocycles. The van der Waals surface area contributed by atoms with Crippen LogP contribution >= 0.6 is 0 Å².